The highest BCUT2D eigenvalue weighted by molar-refractivity contribution is 9.11. The van der Waals surface area contributed by atoms with Gasteiger partial charge in [0.05, 0.1) is 16.5 Å². The molecule has 1 atom stereocenters. The maximum atomic E-state index is 12.2. The van der Waals surface area contributed by atoms with Gasteiger partial charge in [0.25, 0.3) is 10.0 Å². The molecule has 1 saturated heterocycles. The molecule has 0 aromatic carbocycles. The first-order valence-corrected chi connectivity index (χ1v) is 7.92. The molecular weight excluding hydrogens is 314 g/mol. The Labute approximate surface area is 107 Å². The van der Waals surface area contributed by atoms with E-state index >= 15 is 0 Å². The van der Waals surface area contributed by atoms with Gasteiger partial charge in [0.2, 0.25) is 0 Å². The lowest BCUT2D eigenvalue weighted by atomic mass is 10.3. The summed E-state index contributed by atoms with van der Waals surface area (Å²) in [7, 11) is -3.33. The largest absolute Gasteiger partial charge is 0.376 e. The minimum Gasteiger partial charge on any atom is -0.376 e. The molecule has 4 nitrogen and oxygen atoms in total. The second-order valence-corrected chi connectivity index (χ2v) is 8.23. The molecule has 0 bridgehead atoms. The van der Waals surface area contributed by atoms with Crippen LogP contribution in [-0.2, 0) is 14.8 Å². The van der Waals surface area contributed by atoms with E-state index < -0.39 is 10.0 Å². The molecule has 0 N–H and O–H groups in total. The summed E-state index contributed by atoms with van der Waals surface area (Å²) in [6.07, 6.45) is -0.0353. The number of rotatable bonds is 2. The fourth-order valence-corrected chi connectivity index (χ4v) is 5.23. The highest BCUT2D eigenvalue weighted by atomic mass is 79.9. The number of morpholine rings is 1. The Hall–Kier alpha value is 0.0500. The van der Waals surface area contributed by atoms with E-state index in [1.165, 1.54) is 15.6 Å². The predicted octanol–water partition coefficient (Wildman–Crippen LogP) is 1.92. The van der Waals surface area contributed by atoms with Gasteiger partial charge in [0, 0.05) is 13.1 Å². The lowest BCUT2D eigenvalue weighted by Crippen LogP contribution is -2.44. The molecule has 1 aromatic heterocycles. The Kier molecular flexibility index (Phi) is 3.70. The van der Waals surface area contributed by atoms with E-state index in [-0.39, 0.29) is 6.10 Å². The fourth-order valence-electron chi connectivity index (χ4n) is 1.57. The molecule has 1 aliphatic heterocycles. The van der Waals surface area contributed by atoms with Crippen molar-refractivity contribution in [3.63, 3.8) is 0 Å². The van der Waals surface area contributed by atoms with Gasteiger partial charge in [0.1, 0.15) is 4.21 Å². The number of ether oxygens (including phenoxy) is 1. The third kappa shape index (κ3) is 2.48. The smallest absolute Gasteiger partial charge is 0.252 e. The van der Waals surface area contributed by atoms with Crippen LogP contribution in [0.5, 0.6) is 0 Å². The third-order valence-corrected chi connectivity index (χ3v) is 6.30. The maximum absolute atomic E-state index is 12.2. The van der Waals surface area contributed by atoms with Gasteiger partial charge in [-0.2, -0.15) is 4.31 Å². The van der Waals surface area contributed by atoms with Gasteiger partial charge in [-0.05, 0) is 35.0 Å². The van der Waals surface area contributed by atoms with E-state index in [0.717, 1.165) is 3.79 Å². The number of halogens is 1. The molecule has 90 valence electrons. The van der Waals surface area contributed by atoms with Crippen LogP contribution in [0.3, 0.4) is 0 Å². The van der Waals surface area contributed by atoms with E-state index in [2.05, 4.69) is 15.9 Å². The Morgan fingerprint density at radius 1 is 1.56 bits per heavy atom. The minimum absolute atomic E-state index is 0.0353. The number of sulfonamides is 1. The molecule has 1 aromatic rings. The highest BCUT2D eigenvalue weighted by Crippen LogP contribution is 2.29. The van der Waals surface area contributed by atoms with Gasteiger partial charge < -0.3 is 4.74 Å². The molecule has 0 amide bonds. The highest BCUT2D eigenvalue weighted by Gasteiger charge is 2.30. The van der Waals surface area contributed by atoms with Crippen molar-refractivity contribution in [3.05, 3.63) is 15.9 Å². The van der Waals surface area contributed by atoms with Crippen LogP contribution in [0.1, 0.15) is 6.92 Å². The maximum Gasteiger partial charge on any atom is 0.252 e. The van der Waals surface area contributed by atoms with Crippen molar-refractivity contribution < 1.29 is 13.2 Å². The van der Waals surface area contributed by atoms with Gasteiger partial charge in [-0.3, -0.25) is 0 Å². The molecule has 16 heavy (non-hydrogen) atoms. The lowest BCUT2D eigenvalue weighted by molar-refractivity contribution is 0.0102. The van der Waals surface area contributed by atoms with Crippen LogP contribution < -0.4 is 0 Å². The zero-order valence-corrected chi connectivity index (χ0v) is 11.9. The lowest BCUT2D eigenvalue weighted by Gasteiger charge is -2.29. The average Bonchev–Trinajstić information content (AvgIpc) is 2.65. The monoisotopic (exact) mass is 325 g/mol. The predicted molar refractivity (Wildman–Crippen MR) is 66.2 cm³/mol. The Bertz CT molecular complexity index is 471. The molecule has 0 radical (unpaired) electrons. The summed E-state index contributed by atoms with van der Waals surface area (Å²) in [6.45, 7) is 3.21. The molecule has 1 unspecified atom stereocenters. The number of nitrogens with zero attached hydrogens (tertiary/aromatic N) is 1. The zero-order valence-electron chi connectivity index (χ0n) is 8.72. The first-order valence-electron chi connectivity index (χ1n) is 4.87. The Morgan fingerprint density at radius 2 is 2.31 bits per heavy atom. The van der Waals surface area contributed by atoms with Crippen molar-refractivity contribution in [2.75, 3.05) is 19.7 Å². The normalized spacial score (nSPS) is 23.5. The van der Waals surface area contributed by atoms with Crippen LogP contribution in [0.4, 0.5) is 0 Å². The molecule has 7 heteroatoms. The zero-order chi connectivity index (χ0) is 11.8. The van der Waals surface area contributed by atoms with Crippen molar-refractivity contribution in [1.29, 1.82) is 0 Å². The molecule has 0 aliphatic carbocycles. The summed E-state index contributed by atoms with van der Waals surface area (Å²) in [5.41, 5.74) is 0. The van der Waals surface area contributed by atoms with Gasteiger partial charge in [0.15, 0.2) is 0 Å². The minimum atomic E-state index is -3.33. The van der Waals surface area contributed by atoms with E-state index in [9.17, 15) is 8.42 Å². The summed E-state index contributed by atoms with van der Waals surface area (Å²) < 4.78 is 32.4. The van der Waals surface area contributed by atoms with Gasteiger partial charge in [-0.1, -0.05) is 0 Å². The molecular formula is C9H12BrNO3S2. The standard InChI is InChI=1S/C9H12BrNO3S2/c1-7-6-11(4-5-14-7)16(12,13)9-3-2-8(10)15-9/h2-3,7H,4-6H2,1H3. The fraction of sp³-hybridized carbons (Fsp3) is 0.556. The molecule has 0 saturated carbocycles. The topological polar surface area (TPSA) is 46.6 Å². The number of hydrogen-bond donors (Lipinski definition) is 0. The molecule has 0 spiro atoms. The summed E-state index contributed by atoms with van der Waals surface area (Å²) in [6, 6.07) is 3.38. The summed E-state index contributed by atoms with van der Waals surface area (Å²) in [5.74, 6) is 0. The van der Waals surface area contributed by atoms with Crippen molar-refractivity contribution in [1.82, 2.24) is 4.31 Å². The van der Waals surface area contributed by atoms with Crippen LogP contribution in [-0.4, -0.2) is 38.5 Å². The Morgan fingerprint density at radius 3 is 2.88 bits per heavy atom. The number of hydrogen-bond acceptors (Lipinski definition) is 4. The first-order chi connectivity index (χ1) is 7.50. The van der Waals surface area contributed by atoms with Crippen molar-refractivity contribution in [2.45, 2.75) is 17.2 Å². The first kappa shape index (κ1) is 12.5. The van der Waals surface area contributed by atoms with E-state index in [0.29, 0.717) is 23.9 Å². The van der Waals surface area contributed by atoms with Gasteiger partial charge in [-0.25, -0.2) is 8.42 Å². The summed E-state index contributed by atoms with van der Waals surface area (Å²) in [4.78, 5) is 0. The molecule has 1 aliphatic rings. The van der Waals surface area contributed by atoms with Crippen LogP contribution in [0.25, 0.3) is 0 Å². The second kappa shape index (κ2) is 4.73. The van der Waals surface area contributed by atoms with Crippen molar-refractivity contribution >= 4 is 37.3 Å². The average molecular weight is 326 g/mol. The molecule has 2 heterocycles. The van der Waals surface area contributed by atoms with Crippen molar-refractivity contribution in [2.24, 2.45) is 0 Å². The molecule has 2 rings (SSSR count). The van der Waals surface area contributed by atoms with E-state index in [1.54, 1.807) is 12.1 Å². The third-order valence-electron chi connectivity index (χ3n) is 2.35. The van der Waals surface area contributed by atoms with E-state index in [1.807, 2.05) is 6.92 Å². The van der Waals surface area contributed by atoms with Gasteiger partial charge in [-0.15, -0.1) is 11.3 Å². The van der Waals surface area contributed by atoms with Crippen LogP contribution >= 0.6 is 27.3 Å². The second-order valence-electron chi connectivity index (χ2n) is 3.60. The van der Waals surface area contributed by atoms with Crippen molar-refractivity contribution in [3.8, 4) is 0 Å². The van der Waals surface area contributed by atoms with E-state index in [4.69, 9.17) is 4.74 Å². The summed E-state index contributed by atoms with van der Waals surface area (Å²) in [5, 5.41) is 0. The quantitative estimate of drug-likeness (QED) is 0.834. The van der Waals surface area contributed by atoms with Crippen LogP contribution in [0.15, 0.2) is 20.1 Å². The van der Waals surface area contributed by atoms with Gasteiger partial charge >= 0.3 is 0 Å². The number of thiophene rings is 1. The Balaban J connectivity index is 2.25. The SMILES string of the molecule is CC1CN(S(=O)(=O)c2ccc(Br)s2)CCO1. The summed E-state index contributed by atoms with van der Waals surface area (Å²) >= 11 is 4.51. The van der Waals surface area contributed by atoms with Crippen LogP contribution in [0, 0.1) is 0 Å². The molecule has 1 fully saturated rings. The van der Waals surface area contributed by atoms with Crippen LogP contribution in [0.2, 0.25) is 0 Å².